The molecule has 3 saturated heterocycles. The normalized spacial score (nSPS) is 32.3. The number of hydrogen-bond donors (Lipinski definition) is 3. The zero-order valence-electron chi connectivity index (χ0n) is 31.2. The van der Waals surface area contributed by atoms with E-state index in [1.165, 1.54) is 28.3 Å². The van der Waals surface area contributed by atoms with Gasteiger partial charge in [-0.15, -0.1) is 0 Å². The minimum atomic E-state index is -3.96. The Morgan fingerprint density at radius 1 is 0.982 bits per heavy atom. The minimum Gasteiger partial charge on any atom is -0.493 e. The van der Waals surface area contributed by atoms with E-state index in [9.17, 15) is 24.4 Å². The highest BCUT2D eigenvalue weighted by atomic mass is 31.2. The van der Waals surface area contributed by atoms with Crippen LogP contribution in [-0.2, 0) is 47.3 Å². The van der Waals surface area contributed by atoms with Crippen LogP contribution in [0.3, 0.4) is 0 Å². The third-order valence-electron chi connectivity index (χ3n) is 10.3. The van der Waals surface area contributed by atoms with Crippen molar-refractivity contribution < 1.29 is 81.0 Å². The van der Waals surface area contributed by atoms with Gasteiger partial charge in [-0.2, -0.15) is 0 Å². The second-order valence-electron chi connectivity index (χ2n) is 13.8. The molecule has 0 bridgehead atoms. The smallest absolute Gasteiger partial charge is 0.342 e. The van der Waals surface area contributed by atoms with Gasteiger partial charge in [0.05, 0.1) is 46.1 Å². The Hall–Kier alpha value is -3.71. The van der Waals surface area contributed by atoms with Crippen molar-refractivity contribution in [3.8, 4) is 28.7 Å². The zero-order chi connectivity index (χ0) is 39.2. The number of carbonyl (C=O) groups is 2. The van der Waals surface area contributed by atoms with Crippen LogP contribution in [0.5, 0.6) is 28.7 Å². The van der Waals surface area contributed by atoms with Gasteiger partial charge in [-0.1, -0.05) is 0 Å². The molecule has 2 aromatic carbocycles. The van der Waals surface area contributed by atoms with Crippen molar-refractivity contribution in [3.63, 3.8) is 0 Å². The highest BCUT2D eigenvalue weighted by Crippen LogP contribution is 2.58. The number of benzene rings is 2. The molecule has 1 aliphatic carbocycles. The summed E-state index contributed by atoms with van der Waals surface area (Å²) in [6, 6.07) is 5.80. The molecular formula is C36H46NO17P. The van der Waals surface area contributed by atoms with Crippen molar-refractivity contribution in [2.45, 2.75) is 75.8 Å². The standard InChI is InChI=1S/C36H46NO17P/c1-7-46-34(40)16(2)37-55(42,15-43-4)54-32-24(44-5)8-18(9-25(32)45-6)27-19-10-22-23(50-14-49-22)11-20(19)31(21-12-48-35(41)28(21)27)53-36-30(39)29(38)33-26(52-36)13-47-17(3)51-33/h8-11,16-17,21,26-31,33,36,38-39H,7,12-15H2,1-6H3,(H,37,42)/t16-,17+,21-,26+,27+,28-,29+,30+,31+,33+,36-,55?/m0/s1. The topological polar surface area (TPSA) is 214 Å². The van der Waals surface area contributed by atoms with E-state index >= 15 is 0 Å². The molecule has 0 saturated carbocycles. The van der Waals surface area contributed by atoms with Gasteiger partial charge in [0.1, 0.15) is 36.8 Å². The number of cyclic esters (lactones) is 1. The average molecular weight is 796 g/mol. The number of esters is 2. The fraction of sp³-hybridized carbons (Fsp3) is 0.611. The van der Waals surface area contributed by atoms with Gasteiger partial charge in [0.2, 0.25) is 12.5 Å². The molecule has 2 aromatic rings. The Labute approximate surface area is 316 Å². The first kappa shape index (κ1) is 39.5. The summed E-state index contributed by atoms with van der Waals surface area (Å²) in [4.78, 5) is 26.2. The molecule has 18 nitrogen and oxygen atoms in total. The minimum absolute atomic E-state index is 0.0281. The number of rotatable bonds is 13. The summed E-state index contributed by atoms with van der Waals surface area (Å²) in [6.45, 7) is 5.01. The number of aliphatic hydroxyl groups is 2. The van der Waals surface area contributed by atoms with Gasteiger partial charge in [-0.3, -0.25) is 14.2 Å². The van der Waals surface area contributed by atoms with E-state index in [1.807, 2.05) is 0 Å². The summed E-state index contributed by atoms with van der Waals surface area (Å²) in [5.74, 6) is -2.25. The number of carbonyl (C=O) groups excluding carboxylic acids is 2. The number of fused-ring (bicyclic) bond motifs is 4. The second-order valence-corrected chi connectivity index (χ2v) is 15.8. The molecule has 0 radical (unpaired) electrons. The molecule has 12 atom stereocenters. The van der Waals surface area contributed by atoms with E-state index in [0.717, 1.165) is 0 Å². The highest BCUT2D eigenvalue weighted by molar-refractivity contribution is 7.57. The van der Waals surface area contributed by atoms with Crippen molar-refractivity contribution in [2.75, 3.05) is 54.3 Å². The van der Waals surface area contributed by atoms with Crippen LogP contribution >= 0.6 is 7.52 Å². The van der Waals surface area contributed by atoms with Crippen LogP contribution in [0.25, 0.3) is 0 Å². The van der Waals surface area contributed by atoms with Crippen LogP contribution in [0, 0.1) is 11.8 Å². The summed E-state index contributed by atoms with van der Waals surface area (Å²) >= 11 is 0. The van der Waals surface area contributed by atoms with Gasteiger partial charge < -0.3 is 66.8 Å². The lowest BCUT2D eigenvalue weighted by Crippen LogP contribution is -2.63. The first-order valence-corrected chi connectivity index (χ1v) is 19.7. The van der Waals surface area contributed by atoms with Crippen molar-refractivity contribution in [2.24, 2.45) is 11.8 Å². The SMILES string of the molecule is CCOC(=O)[C@H](C)NP(=O)(COC)Oc1c(OC)cc([C@@H]2c3cc4c(cc3[C@@H](O[C@@H]3O[C@@H]5CO[C@@H](C)O[C@H]5[C@H](O)[C@H]3O)[C@H]3COC(=O)[C@H]23)OCO4)cc1OC. The predicted molar refractivity (Wildman–Crippen MR) is 186 cm³/mol. The molecule has 4 heterocycles. The van der Waals surface area contributed by atoms with Gasteiger partial charge in [-0.05, 0) is 61.7 Å². The molecule has 0 aromatic heterocycles. The molecule has 1 unspecified atom stereocenters. The molecule has 4 aliphatic heterocycles. The van der Waals surface area contributed by atoms with Gasteiger partial charge in [0, 0.05) is 18.9 Å². The number of hydrogen-bond acceptors (Lipinski definition) is 17. The van der Waals surface area contributed by atoms with Gasteiger partial charge >= 0.3 is 19.5 Å². The fourth-order valence-corrected chi connectivity index (χ4v) is 9.52. The molecule has 3 N–H and O–H groups in total. The van der Waals surface area contributed by atoms with Gasteiger partial charge in [0.25, 0.3) is 0 Å². The molecule has 302 valence electrons. The first-order chi connectivity index (χ1) is 26.4. The predicted octanol–water partition coefficient (Wildman–Crippen LogP) is 2.35. The Kier molecular flexibility index (Phi) is 11.5. The number of aliphatic hydroxyl groups excluding tert-OH is 2. The lowest BCUT2D eigenvalue weighted by atomic mass is 9.66. The van der Waals surface area contributed by atoms with Crippen molar-refractivity contribution in [3.05, 3.63) is 41.0 Å². The van der Waals surface area contributed by atoms with E-state index in [1.54, 1.807) is 38.1 Å². The van der Waals surface area contributed by atoms with Crippen LogP contribution in [0.15, 0.2) is 24.3 Å². The van der Waals surface area contributed by atoms with Gasteiger partial charge in [-0.25, -0.2) is 5.09 Å². The van der Waals surface area contributed by atoms with Crippen molar-refractivity contribution in [1.82, 2.24) is 5.09 Å². The molecule has 0 amide bonds. The Morgan fingerprint density at radius 3 is 2.33 bits per heavy atom. The molecule has 7 rings (SSSR count). The number of nitrogens with one attached hydrogen (secondary N) is 1. The van der Waals surface area contributed by atoms with Crippen LogP contribution < -0.4 is 28.6 Å². The molecule has 3 fully saturated rings. The Bertz CT molecular complexity index is 1780. The number of ether oxygens (including phenoxy) is 11. The van der Waals surface area contributed by atoms with E-state index in [4.69, 9.17) is 56.6 Å². The highest BCUT2D eigenvalue weighted by Gasteiger charge is 2.56. The largest absolute Gasteiger partial charge is 0.493 e. The van der Waals surface area contributed by atoms with Crippen LogP contribution in [0.2, 0.25) is 0 Å². The van der Waals surface area contributed by atoms with E-state index < -0.39 is 92.7 Å². The number of methoxy groups -OCH3 is 3. The van der Waals surface area contributed by atoms with E-state index in [2.05, 4.69) is 5.09 Å². The molecule has 5 aliphatic rings. The zero-order valence-corrected chi connectivity index (χ0v) is 32.1. The Balaban J connectivity index is 1.27. The molecule has 0 spiro atoms. The Morgan fingerprint density at radius 2 is 1.67 bits per heavy atom. The average Bonchev–Trinajstić information content (AvgIpc) is 3.79. The first-order valence-electron chi connectivity index (χ1n) is 17.9. The summed E-state index contributed by atoms with van der Waals surface area (Å²) in [6.07, 6.45) is -7.63. The van der Waals surface area contributed by atoms with E-state index in [0.29, 0.717) is 28.2 Å². The van der Waals surface area contributed by atoms with Crippen LogP contribution in [0.1, 0.15) is 49.5 Å². The third kappa shape index (κ3) is 7.47. The van der Waals surface area contributed by atoms with Crippen molar-refractivity contribution >= 4 is 19.5 Å². The maximum Gasteiger partial charge on any atom is 0.342 e. The fourth-order valence-electron chi connectivity index (χ4n) is 7.83. The second kappa shape index (κ2) is 16.0. The molecular weight excluding hydrogens is 749 g/mol. The van der Waals surface area contributed by atoms with E-state index in [-0.39, 0.29) is 43.9 Å². The maximum atomic E-state index is 14.1. The summed E-state index contributed by atoms with van der Waals surface area (Å²) in [5, 5.41) is 25.0. The molecule has 19 heteroatoms. The lowest BCUT2D eigenvalue weighted by Gasteiger charge is -2.47. The quantitative estimate of drug-likeness (QED) is 0.196. The lowest BCUT2D eigenvalue weighted by molar-refractivity contribution is -0.364. The third-order valence-corrected chi connectivity index (χ3v) is 12.2. The monoisotopic (exact) mass is 795 g/mol. The summed E-state index contributed by atoms with van der Waals surface area (Å²) in [7, 11) is 0.159. The van der Waals surface area contributed by atoms with Crippen molar-refractivity contribution in [1.29, 1.82) is 0 Å². The van der Waals surface area contributed by atoms with Gasteiger partial charge in [0.15, 0.2) is 35.6 Å². The van der Waals surface area contributed by atoms with Crippen LogP contribution in [0.4, 0.5) is 0 Å². The maximum absolute atomic E-state index is 14.1. The summed E-state index contributed by atoms with van der Waals surface area (Å²) < 4.78 is 83.1. The summed E-state index contributed by atoms with van der Waals surface area (Å²) in [5.41, 5.74) is 1.76. The molecule has 55 heavy (non-hydrogen) atoms. The van der Waals surface area contributed by atoms with Crippen LogP contribution in [-0.4, -0.2) is 119 Å².